The summed E-state index contributed by atoms with van der Waals surface area (Å²) >= 11 is 18.8. The fourth-order valence-corrected chi connectivity index (χ4v) is 4.01. The van der Waals surface area contributed by atoms with Gasteiger partial charge in [0.25, 0.3) is 17.1 Å². The summed E-state index contributed by atoms with van der Waals surface area (Å²) < 4.78 is 0. The summed E-state index contributed by atoms with van der Waals surface area (Å²) in [5.41, 5.74) is 0.916. The fraction of sp³-hybridized carbons (Fsp3) is 0.105. The lowest BCUT2D eigenvalue weighted by atomic mass is 10.2. The zero-order chi connectivity index (χ0) is 20.3. The van der Waals surface area contributed by atoms with Gasteiger partial charge in [0, 0.05) is 23.1 Å². The average molecular weight is 456 g/mol. The molecule has 1 N–H and O–H groups in total. The number of amides is 3. The molecule has 144 valence electrons. The van der Waals surface area contributed by atoms with Crippen LogP contribution in [0.4, 0.5) is 4.79 Å². The molecule has 0 radical (unpaired) electrons. The van der Waals surface area contributed by atoms with Crippen molar-refractivity contribution in [3.05, 3.63) is 73.6 Å². The second-order valence-corrected chi connectivity index (χ2v) is 7.98. The number of nitrogens with zero attached hydrogens (tertiary/aromatic N) is 1. The molecule has 0 saturated carbocycles. The van der Waals surface area contributed by atoms with E-state index in [2.05, 4.69) is 5.32 Å². The van der Waals surface area contributed by atoms with Crippen LogP contribution in [-0.2, 0) is 4.79 Å². The summed E-state index contributed by atoms with van der Waals surface area (Å²) in [4.78, 5) is 38.2. The van der Waals surface area contributed by atoms with Crippen LogP contribution in [0.25, 0.3) is 6.08 Å². The minimum atomic E-state index is -0.437. The second-order valence-electron chi connectivity index (χ2n) is 5.73. The molecule has 1 aliphatic heterocycles. The van der Waals surface area contributed by atoms with Crippen molar-refractivity contribution in [1.82, 2.24) is 10.2 Å². The lowest BCUT2D eigenvalue weighted by Crippen LogP contribution is -2.37. The van der Waals surface area contributed by atoms with Gasteiger partial charge in [-0.1, -0.05) is 53.0 Å². The molecule has 1 aliphatic rings. The molecule has 0 spiro atoms. The molecule has 28 heavy (non-hydrogen) atoms. The number of imide groups is 1. The number of thioether (sulfide) groups is 1. The van der Waals surface area contributed by atoms with Crippen LogP contribution in [0.1, 0.15) is 15.9 Å². The van der Waals surface area contributed by atoms with Crippen molar-refractivity contribution < 1.29 is 14.4 Å². The van der Waals surface area contributed by atoms with E-state index < -0.39 is 11.1 Å². The minimum absolute atomic E-state index is 0.0482. The predicted octanol–water partition coefficient (Wildman–Crippen LogP) is 5.11. The van der Waals surface area contributed by atoms with E-state index >= 15 is 0 Å². The summed E-state index contributed by atoms with van der Waals surface area (Å²) in [7, 11) is 0. The van der Waals surface area contributed by atoms with E-state index in [1.54, 1.807) is 48.5 Å². The minimum Gasteiger partial charge on any atom is -0.350 e. The Morgan fingerprint density at radius 3 is 2.54 bits per heavy atom. The SMILES string of the molecule is O=C(NCCN1C(=O)S/C(=C\c2ccc(Cl)cc2Cl)C1=O)c1ccccc1Cl. The zero-order valence-electron chi connectivity index (χ0n) is 14.2. The number of carbonyl (C=O) groups is 3. The molecule has 5 nitrogen and oxygen atoms in total. The molecule has 1 heterocycles. The van der Waals surface area contributed by atoms with Gasteiger partial charge in [-0.15, -0.1) is 0 Å². The van der Waals surface area contributed by atoms with Crippen molar-refractivity contribution in [2.75, 3.05) is 13.1 Å². The lowest BCUT2D eigenvalue weighted by Gasteiger charge is -2.13. The van der Waals surface area contributed by atoms with Gasteiger partial charge in [-0.25, -0.2) is 0 Å². The molecule has 3 amide bonds. The number of benzene rings is 2. The van der Waals surface area contributed by atoms with Crippen LogP contribution in [0.5, 0.6) is 0 Å². The van der Waals surface area contributed by atoms with E-state index in [0.717, 1.165) is 16.7 Å². The maximum Gasteiger partial charge on any atom is 0.293 e. The Balaban J connectivity index is 1.63. The molecule has 3 rings (SSSR count). The highest BCUT2D eigenvalue weighted by atomic mass is 35.5. The third kappa shape index (κ3) is 4.70. The Bertz CT molecular complexity index is 994. The van der Waals surface area contributed by atoms with E-state index in [9.17, 15) is 14.4 Å². The number of carbonyl (C=O) groups excluding carboxylic acids is 3. The van der Waals surface area contributed by atoms with E-state index in [1.165, 1.54) is 0 Å². The van der Waals surface area contributed by atoms with E-state index in [4.69, 9.17) is 34.8 Å². The quantitative estimate of drug-likeness (QED) is 0.636. The molecular formula is C19H13Cl3N2O3S. The Kier molecular flexibility index (Phi) is 6.67. The van der Waals surface area contributed by atoms with Gasteiger partial charge in [0.2, 0.25) is 0 Å². The van der Waals surface area contributed by atoms with Gasteiger partial charge in [-0.05, 0) is 47.7 Å². The van der Waals surface area contributed by atoms with Gasteiger partial charge in [-0.3, -0.25) is 19.3 Å². The second kappa shape index (κ2) is 9.01. The van der Waals surface area contributed by atoms with Crippen molar-refractivity contribution >= 4 is 69.7 Å². The van der Waals surface area contributed by atoms with Gasteiger partial charge in [0.1, 0.15) is 0 Å². The summed E-state index contributed by atoms with van der Waals surface area (Å²) in [5.74, 6) is -0.811. The first-order valence-electron chi connectivity index (χ1n) is 8.10. The highest BCUT2D eigenvalue weighted by molar-refractivity contribution is 8.18. The smallest absolute Gasteiger partial charge is 0.293 e. The molecule has 1 saturated heterocycles. The number of nitrogens with one attached hydrogen (secondary N) is 1. The van der Waals surface area contributed by atoms with Crippen LogP contribution in [-0.4, -0.2) is 35.0 Å². The topological polar surface area (TPSA) is 66.5 Å². The molecule has 2 aromatic carbocycles. The van der Waals surface area contributed by atoms with Gasteiger partial charge in [0.15, 0.2) is 0 Å². The van der Waals surface area contributed by atoms with Crippen LogP contribution in [0.15, 0.2) is 47.4 Å². The molecule has 2 aromatic rings. The number of hydrogen-bond acceptors (Lipinski definition) is 4. The van der Waals surface area contributed by atoms with Gasteiger partial charge >= 0.3 is 0 Å². The molecule has 0 unspecified atom stereocenters. The third-order valence-electron chi connectivity index (χ3n) is 3.86. The Labute approximate surface area is 180 Å². The standard InChI is InChI=1S/C19H13Cl3N2O3S/c20-12-6-5-11(15(22)10-12)9-16-18(26)24(19(27)28-16)8-7-23-17(25)13-3-1-2-4-14(13)21/h1-6,9-10H,7-8H2,(H,23,25)/b16-9-. The predicted molar refractivity (Wildman–Crippen MR) is 113 cm³/mol. The van der Waals surface area contributed by atoms with Crippen molar-refractivity contribution in [1.29, 1.82) is 0 Å². The summed E-state index contributed by atoms with van der Waals surface area (Å²) in [5, 5.41) is 3.43. The van der Waals surface area contributed by atoms with Crippen LogP contribution in [0, 0.1) is 0 Å². The molecule has 0 aliphatic carbocycles. The van der Waals surface area contributed by atoms with Crippen molar-refractivity contribution in [2.24, 2.45) is 0 Å². The molecule has 1 fully saturated rings. The van der Waals surface area contributed by atoms with Crippen molar-refractivity contribution in [2.45, 2.75) is 0 Å². The van der Waals surface area contributed by atoms with E-state index in [-0.39, 0.29) is 23.9 Å². The fourth-order valence-electron chi connectivity index (χ4n) is 2.47. The van der Waals surface area contributed by atoms with E-state index in [0.29, 0.717) is 26.2 Å². The molecule has 0 bridgehead atoms. The van der Waals surface area contributed by atoms with Crippen LogP contribution >= 0.6 is 46.6 Å². The first-order valence-corrected chi connectivity index (χ1v) is 10.0. The van der Waals surface area contributed by atoms with Gasteiger partial charge in [-0.2, -0.15) is 0 Å². The normalized spacial score (nSPS) is 15.4. The van der Waals surface area contributed by atoms with E-state index in [1.807, 2.05) is 0 Å². The Morgan fingerprint density at radius 1 is 1.07 bits per heavy atom. The first kappa shape index (κ1) is 20.7. The summed E-state index contributed by atoms with van der Waals surface area (Å²) in [6, 6.07) is 11.5. The van der Waals surface area contributed by atoms with Crippen molar-refractivity contribution in [3.8, 4) is 0 Å². The van der Waals surface area contributed by atoms with Crippen LogP contribution in [0.3, 0.4) is 0 Å². The zero-order valence-corrected chi connectivity index (χ0v) is 17.3. The molecule has 0 aromatic heterocycles. The maximum absolute atomic E-state index is 12.5. The van der Waals surface area contributed by atoms with Gasteiger partial charge in [0.05, 0.1) is 15.5 Å². The number of halogens is 3. The number of hydrogen-bond donors (Lipinski definition) is 1. The largest absolute Gasteiger partial charge is 0.350 e. The number of rotatable bonds is 5. The summed E-state index contributed by atoms with van der Waals surface area (Å²) in [6.45, 7) is 0.156. The summed E-state index contributed by atoms with van der Waals surface area (Å²) in [6.07, 6.45) is 1.55. The van der Waals surface area contributed by atoms with Crippen LogP contribution in [0.2, 0.25) is 15.1 Å². The van der Waals surface area contributed by atoms with Crippen LogP contribution < -0.4 is 5.32 Å². The highest BCUT2D eigenvalue weighted by Crippen LogP contribution is 2.33. The highest BCUT2D eigenvalue weighted by Gasteiger charge is 2.34. The molecule has 9 heteroatoms. The van der Waals surface area contributed by atoms with Gasteiger partial charge < -0.3 is 5.32 Å². The molecule has 0 atom stereocenters. The lowest BCUT2D eigenvalue weighted by molar-refractivity contribution is -0.122. The third-order valence-corrected chi connectivity index (χ3v) is 5.66. The van der Waals surface area contributed by atoms with Crippen molar-refractivity contribution in [3.63, 3.8) is 0 Å². The monoisotopic (exact) mass is 454 g/mol. The average Bonchev–Trinajstić information content (AvgIpc) is 2.91. The maximum atomic E-state index is 12.5. The molecular weight excluding hydrogens is 443 g/mol. The Morgan fingerprint density at radius 2 is 1.82 bits per heavy atom. The Hall–Kier alpha value is -1.99. The first-order chi connectivity index (χ1) is 13.4.